The topological polar surface area (TPSA) is 94.7 Å². The number of anilines is 1. The molecule has 9 heteroatoms. The number of nitrogens with zero attached hydrogens (tertiary/aromatic N) is 2. The quantitative estimate of drug-likeness (QED) is 0.423. The Labute approximate surface area is 240 Å². The normalized spacial score (nSPS) is 19.5. The molecule has 0 aliphatic carbocycles. The minimum absolute atomic E-state index is 0.00807. The smallest absolute Gasteiger partial charge is 0.410 e. The largest absolute Gasteiger partial charge is 0.444 e. The summed E-state index contributed by atoms with van der Waals surface area (Å²) in [7, 11) is 0. The number of amides is 2. The molecule has 214 valence electrons. The van der Waals surface area contributed by atoms with Gasteiger partial charge in [-0.2, -0.15) is 0 Å². The minimum Gasteiger partial charge on any atom is -0.444 e. The predicted molar refractivity (Wildman–Crippen MR) is 160 cm³/mol. The van der Waals surface area contributed by atoms with Crippen LogP contribution in [0.25, 0.3) is 0 Å². The lowest BCUT2D eigenvalue weighted by Gasteiger charge is -2.47. The summed E-state index contributed by atoms with van der Waals surface area (Å²) in [6.07, 6.45) is 1.31. The Hall–Kier alpha value is -2.81. The Balaban J connectivity index is 1.83. The van der Waals surface area contributed by atoms with Crippen molar-refractivity contribution in [2.75, 3.05) is 11.4 Å². The van der Waals surface area contributed by atoms with Crippen LogP contribution < -0.4 is 15.8 Å². The lowest BCUT2D eigenvalue weighted by Crippen LogP contribution is -2.56. The second kappa shape index (κ2) is 12.1. The Morgan fingerprint density at radius 1 is 1.13 bits per heavy atom. The van der Waals surface area contributed by atoms with Crippen molar-refractivity contribution in [3.05, 3.63) is 61.0 Å². The van der Waals surface area contributed by atoms with E-state index < -0.39 is 5.60 Å². The van der Waals surface area contributed by atoms with Crippen LogP contribution in [-0.4, -0.2) is 52.2 Å². The van der Waals surface area contributed by atoms with E-state index >= 15 is 0 Å². The number of carbonyl (C=O) groups excluding carboxylic acids is 2. The summed E-state index contributed by atoms with van der Waals surface area (Å²) in [5.74, 6) is -0.230. The van der Waals surface area contributed by atoms with E-state index in [4.69, 9.17) is 4.74 Å². The maximum absolute atomic E-state index is 13.3. The molecule has 39 heavy (non-hydrogen) atoms. The Morgan fingerprint density at radius 3 is 2.28 bits per heavy atom. The number of carbonyl (C=O) groups is 2. The highest BCUT2D eigenvalue weighted by molar-refractivity contribution is 9.10. The van der Waals surface area contributed by atoms with Gasteiger partial charge in [0.2, 0.25) is 0 Å². The number of piperidine rings is 1. The number of pyridine rings is 1. The Bertz CT molecular complexity index is 1270. The summed E-state index contributed by atoms with van der Waals surface area (Å²) in [6, 6.07) is 5.99. The van der Waals surface area contributed by atoms with Gasteiger partial charge in [0, 0.05) is 58.2 Å². The SMILES string of the molecule is CCN(c1cc(Br)cc(C(=O)NCc2c(C)cc(C)[nH]c2=O)c1C)C1CC(C)N(C(=O)OC(C)(C)C)C(C)C1. The van der Waals surface area contributed by atoms with Gasteiger partial charge in [-0.3, -0.25) is 9.59 Å². The van der Waals surface area contributed by atoms with E-state index in [-0.39, 0.29) is 42.2 Å². The molecule has 0 radical (unpaired) electrons. The van der Waals surface area contributed by atoms with Crippen LogP contribution in [0.2, 0.25) is 0 Å². The number of hydrogen-bond acceptors (Lipinski definition) is 5. The van der Waals surface area contributed by atoms with Gasteiger partial charge < -0.3 is 24.8 Å². The molecule has 1 aliphatic heterocycles. The third kappa shape index (κ3) is 7.24. The first-order valence-corrected chi connectivity index (χ1v) is 14.5. The molecule has 1 aromatic heterocycles. The van der Waals surface area contributed by atoms with Crippen molar-refractivity contribution in [1.82, 2.24) is 15.2 Å². The van der Waals surface area contributed by atoms with Crippen molar-refractivity contribution >= 4 is 33.6 Å². The van der Waals surface area contributed by atoms with E-state index in [2.05, 4.69) is 58.0 Å². The fraction of sp³-hybridized carbons (Fsp3) is 0.567. The number of rotatable bonds is 6. The maximum atomic E-state index is 13.3. The molecule has 3 rings (SSSR count). The number of ether oxygens (including phenoxy) is 1. The van der Waals surface area contributed by atoms with Gasteiger partial charge in [0.1, 0.15) is 5.60 Å². The monoisotopic (exact) mass is 602 g/mol. The van der Waals surface area contributed by atoms with Crippen LogP contribution in [0, 0.1) is 20.8 Å². The first-order valence-electron chi connectivity index (χ1n) is 13.7. The summed E-state index contributed by atoms with van der Waals surface area (Å²) in [6.45, 7) is 18.5. The zero-order valence-corrected chi connectivity index (χ0v) is 26.3. The molecular weight excluding hydrogens is 560 g/mol. The highest BCUT2D eigenvalue weighted by Crippen LogP contribution is 2.35. The number of aryl methyl sites for hydroxylation is 2. The predicted octanol–water partition coefficient (Wildman–Crippen LogP) is 6.00. The summed E-state index contributed by atoms with van der Waals surface area (Å²) in [5, 5.41) is 2.94. The zero-order valence-electron chi connectivity index (χ0n) is 24.7. The standard InChI is InChI=1S/C30H43BrN4O4/c1-10-34(23-12-19(4)35(20(5)13-23)29(38)39-30(7,8)9)26-15-22(31)14-24(21(26)6)27(36)32-16-25-17(2)11-18(3)33-28(25)37/h11,14-15,19-20,23H,10,12-13,16H2,1-9H3,(H,32,36)(H,33,37). The number of benzene rings is 1. The molecule has 2 heterocycles. The van der Waals surface area contributed by atoms with Gasteiger partial charge in [0.15, 0.2) is 0 Å². The number of aromatic amines is 1. The number of H-pyrrole nitrogens is 1. The molecule has 2 unspecified atom stereocenters. The number of aromatic nitrogens is 1. The van der Waals surface area contributed by atoms with E-state index in [0.717, 1.165) is 46.4 Å². The van der Waals surface area contributed by atoms with Crippen LogP contribution in [0.5, 0.6) is 0 Å². The maximum Gasteiger partial charge on any atom is 0.410 e. The fourth-order valence-corrected chi connectivity index (χ4v) is 6.11. The second-order valence-electron chi connectivity index (χ2n) is 11.7. The van der Waals surface area contributed by atoms with Crippen LogP contribution >= 0.6 is 15.9 Å². The molecule has 2 amide bonds. The molecule has 8 nitrogen and oxygen atoms in total. The van der Waals surface area contributed by atoms with Crippen molar-refractivity contribution < 1.29 is 14.3 Å². The highest BCUT2D eigenvalue weighted by Gasteiger charge is 2.38. The minimum atomic E-state index is -0.543. The lowest BCUT2D eigenvalue weighted by molar-refractivity contribution is -0.00252. The van der Waals surface area contributed by atoms with Crippen molar-refractivity contribution in [3.8, 4) is 0 Å². The van der Waals surface area contributed by atoms with Crippen LogP contribution in [0.3, 0.4) is 0 Å². The number of halogens is 1. The van der Waals surface area contributed by atoms with Crippen LogP contribution in [0.15, 0.2) is 27.5 Å². The van der Waals surface area contributed by atoms with Crippen LogP contribution in [-0.2, 0) is 11.3 Å². The highest BCUT2D eigenvalue weighted by atomic mass is 79.9. The average molecular weight is 604 g/mol. The van der Waals surface area contributed by atoms with Gasteiger partial charge in [0.25, 0.3) is 11.5 Å². The number of likely N-dealkylation sites (tertiary alicyclic amines) is 1. The molecule has 2 aromatic rings. The zero-order chi connectivity index (χ0) is 29.2. The van der Waals surface area contributed by atoms with Gasteiger partial charge in [-0.05, 0) is 104 Å². The van der Waals surface area contributed by atoms with Gasteiger partial charge in [0.05, 0.1) is 0 Å². The molecule has 2 atom stereocenters. The Morgan fingerprint density at radius 2 is 1.74 bits per heavy atom. The molecular formula is C30H43BrN4O4. The third-order valence-corrected chi connectivity index (χ3v) is 7.84. The molecule has 0 bridgehead atoms. The van der Waals surface area contributed by atoms with Gasteiger partial charge >= 0.3 is 6.09 Å². The number of hydrogen-bond donors (Lipinski definition) is 2. The Kier molecular flexibility index (Phi) is 9.57. The molecule has 0 saturated carbocycles. The van der Waals surface area contributed by atoms with E-state index in [1.807, 2.05) is 58.6 Å². The first kappa shape index (κ1) is 30.7. The van der Waals surface area contributed by atoms with Crippen LogP contribution in [0.4, 0.5) is 10.5 Å². The van der Waals surface area contributed by atoms with Crippen molar-refractivity contribution in [2.24, 2.45) is 0 Å². The third-order valence-electron chi connectivity index (χ3n) is 7.38. The van der Waals surface area contributed by atoms with Crippen molar-refractivity contribution in [2.45, 2.75) is 105 Å². The summed E-state index contributed by atoms with van der Waals surface area (Å²) in [4.78, 5) is 45.7. The van der Waals surface area contributed by atoms with Crippen molar-refractivity contribution in [1.29, 1.82) is 0 Å². The molecule has 1 saturated heterocycles. The van der Waals surface area contributed by atoms with Crippen molar-refractivity contribution in [3.63, 3.8) is 0 Å². The molecule has 0 spiro atoms. The summed E-state index contributed by atoms with van der Waals surface area (Å²) >= 11 is 3.61. The lowest BCUT2D eigenvalue weighted by atomic mass is 9.91. The van der Waals surface area contributed by atoms with E-state index in [1.165, 1.54) is 0 Å². The number of nitrogens with one attached hydrogen (secondary N) is 2. The van der Waals surface area contributed by atoms with Gasteiger partial charge in [-0.15, -0.1) is 0 Å². The molecule has 1 aromatic carbocycles. The average Bonchev–Trinajstić information content (AvgIpc) is 2.79. The van der Waals surface area contributed by atoms with Gasteiger partial charge in [-0.1, -0.05) is 15.9 Å². The fourth-order valence-electron chi connectivity index (χ4n) is 5.66. The summed E-state index contributed by atoms with van der Waals surface area (Å²) < 4.78 is 6.49. The second-order valence-corrected chi connectivity index (χ2v) is 12.6. The molecule has 1 fully saturated rings. The first-order chi connectivity index (χ1) is 18.1. The van der Waals surface area contributed by atoms with Crippen LogP contribution in [0.1, 0.15) is 87.1 Å². The molecule has 2 N–H and O–H groups in total. The van der Waals surface area contributed by atoms with Gasteiger partial charge in [-0.25, -0.2) is 4.79 Å². The van der Waals surface area contributed by atoms with E-state index in [9.17, 15) is 14.4 Å². The molecule has 1 aliphatic rings. The van der Waals surface area contributed by atoms with E-state index in [1.54, 1.807) is 0 Å². The summed E-state index contributed by atoms with van der Waals surface area (Å²) in [5.41, 5.74) is 3.89. The van der Waals surface area contributed by atoms with E-state index in [0.29, 0.717) is 11.1 Å².